The average Bonchev–Trinajstić information content (AvgIpc) is 2.55. The van der Waals surface area contributed by atoms with Crippen LogP contribution in [-0.4, -0.2) is 58.6 Å². The van der Waals surface area contributed by atoms with E-state index < -0.39 is 14.6 Å². The summed E-state index contributed by atoms with van der Waals surface area (Å²) in [5.41, 5.74) is 1.06. The molecular formula is C16H27Cl2N3O3S. The summed E-state index contributed by atoms with van der Waals surface area (Å²) in [5.74, 6) is -0.372. The van der Waals surface area contributed by atoms with Crippen molar-refractivity contribution in [3.63, 3.8) is 0 Å². The van der Waals surface area contributed by atoms with Crippen molar-refractivity contribution in [1.29, 1.82) is 0 Å². The molecule has 0 atom stereocenters. The summed E-state index contributed by atoms with van der Waals surface area (Å²) >= 11 is 0. The van der Waals surface area contributed by atoms with Crippen molar-refractivity contribution in [2.24, 2.45) is 0 Å². The third kappa shape index (κ3) is 5.74. The number of carbonyl (C=O) groups is 1. The van der Waals surface area contributed by atoms with E-state index in [1.165, 1.54) is 0 Å². The molecule has 1 aliphatic rings. The van der Waals surface area contributed by atoms with Crippen molar-refractivity contribution in [3.8, 4) is 0 Å². The van der Waals surface area contributed by atoms with Crippen molar-refractivity contribution in [2.75, 3.05) is 44.4 Å². The van der Waals surface area contributed by atoms with E-state index in [0.29, 0.717) is 39.0 Å². The molecule has 25 heavy (non-hydrogen) atoms. The SMILES string of the molecule is CN(CCNC(=O)C1(S(C)(=O)=O)CCNCC1)c1ccccc1.Cl.Cl. The Morgan fingerprint density at radius 3 is 2.28 bits per heavy atom. The lowest BCUT2D eigenvalue weighted by molar-refractivity contribution is -0.124. The van der Waals surface area contributed by atoms with Gasteiger partial charge in [-0.3, -0.25) is 4.79 Å². The standard InChI is InChI=1S/C16H25N3O3S.2ClH/c1-19(14-6-4-3-5-7-14)13-12-18-15(20)16(23(2,21)22)8-10-17-11-9-16;;/h3-7,17H,8-13H2,1-2H3,(H,18,20);2*1H. The number of para-hydroxylation sites is 1. The van der Waals surface area contributed by atoms with Gasteiger partial charge in [0.1, 0.15) is 0 Å². The number of piperidine rings is 1. The minimum atomic E-state index is -3.46. The summed E-state index contributed by atoms with van der Waals surface area (Å²) in [6, 6.07) is 9.85. The van der Waals surface area contributed by atoms with Crippen LogP contribution in [0.15, 0.2) is 30.3 Å². The fourth-order valence-electron chi connectivity index (χ4n) is 2.91. The predicted octanol–water partition coefficient (Wildman–Crippen LogP) is 1.25. The molecule has 0 spiro atoms. The molecule has 0 unspecified atom stereocenters. The van der Waals surface area contributed by atoms with E-state index in [-0.39, 0.29) is 30.7 Å². The molecule has 1 fully saturated rings. The largest absolute Gasteiger partial charge is 0.373 e. The van der Waals surface area contributed by atoms with Crippen molar-refractivity contribution >= 4 is 46.2 Å². The van der Waals surface area contributed by atoms with Crippen LogP contribution in [0.2, 0.25) is 0 Å². The number of halogens is 2. The Bertz CT molecular complexity index is 635. The van der Waals surface area contributed by atoms with Gasteiger partial charge in [0.2, 0.25) is 5.91 Å². The molecule has 1 aromatic carbocycles. The molecule has 1 saturated heterocycles. The number of hydrogen-bond donors (Lipinski definition) is 2. The molecule has 6 nitrogen and oxygen atoms in total. The number of likely N-dealkylation sites (N-methyl/N-ethyl adjacent to an activating group) is 1. The number of hydrogen-bond acceptors (Lipinski definition) is 5. The highest BCUT2D eigenvalue weighted by atomic mass is 35.5. The smallest absolute Gasteiger partial charge is 0.241 e. The molecule has 1 aliphatic heterocycles. The Morgan fingerprint density at radius 2 is 1.76 bits per heavy atom. The number of carbonyl (C=O) groups excluding carboxylic acids is 1. The Hall–Kier alpha value is -1.02. The lowest BCUT2D eigenvalue weighted by Crippen LogP contribution is -2.57. The molecule has 1 aromatic rings. The van der Waals surface area contributed by atoms with Crippen molar-refractivity contribution in [2.45, 2.75) is 17.6 Å². The molecule has 9 heteroatoms. The van der Waals surface area contributed by atoms with E-state index in [0.717, 1.165) is 11.9 Å². The topological polar surface area (TPSA) is 78.5 Å². The first-order valence-electron chi connectivity index (χ1n) is 7.82. The maximum atomic E-state index is 12.5. The second-order valence-electron chi connectivity index (χ2n) is 6.03. The third-order valence-electron chi connectivity index (χ3n) is 4.46. The summed E-state index contributed by atoms with van der Waals surface area (Å²) in [5, 5.41) is 5.92. The third-order valence-corrected chi connectivity index (χ3v) is 6.48. The first kappa shape index (κ1) is 24.0. The van der Waals surface area contributed by atoms with Crippen LogP contribution in [0, 0.1) is 0 Å². The quantitative estimate of drug-likeness (QED) is 0.736. The van der Waals surface area contributed by atoms with Gasteiger partial charge in [-0.1, -0.05) is 18.2 Å². The highest BCUT2D eigenvalue weighted by molar-refractivity contribution is 7.92. The minimum Gasteiger partial charge on any atom is -0.373 e. The van der Waals surface area contributed by atoms with Crippen LogP contribution in [0.4, 0.5) is 5.69 Å². The van der Waals surface area contributed by atoms with E-state index in [4.69, 9.17) is 0 Å². The Balaban J connectivity index is 0.00000288. The molecule has 144 valence electrons. The predicted molar refractivity (Wildman–Crippen MR) is 107 cm³/mol. The van der Waals surface area contributed by atoms with Gasteiger partial charge >= 0.3 is 0 Å². The van der Waals surface area contributed by atoms with Gasteiger partial charge < -0.3 is 15.5 Å². The second-order valence-corrected chi connectivity index (χ2v) is 8.36. The summed E-state index contributed by atoms with van der Waals surface area (Å²) in [6.07, 6.45) is 1.81. The minimum absolute atomic E-state index is 0. The van der Waals surface area contributed by atoms with Gasteiger partial charge in [0.15, 0.2) is 14.6 Å². The van der Waals surface area contributed by atoms with Gasteiger partial charge in [-0.05, 0) is 38.1 Å². The van der Waals surface area contributed by atoms with Crippen LogP contribution >= 0.6 is 24.8 Å². The number of sulfone groups is 1. The van der Waals surface area contributed by atoms with E-state index in [9.17, 15) is 13.2 Å². The number of rotatable bonds is 6. The molecule has 0 saturated carbocycles. The van der Waals surface area contributed by atoms with Gasteiger partial charge in [0.25, 0.3) is 0 Å². The molecule has 2 rings (SSSR count). The summed E-state index contributed by atoms with van der Waals surface area (Å²) < 4.78 is 23.1. The van der Waals surface area contributed by atoms with Crippen LogP contribution in [-0.2, 0) is 14.6 Å². The van der Waals surface area contributed by atoms with Crippen LogP contribution < -0.4 is 15.5 Å². The molecule has 0 aromatic heterocycles. The Kier molecular flexibility index (Phi) is 9.79. The Morgan fingerprint density at radius 1 is 1.20 bits per heavy atom. The first-order valence-corrected chi connectivity index (χ1v) is 9.71. The molecule has 1 heterocycles. The zero-order valence-corrected chi connectivity index (χ0v) is 17.0. The highest BCUT2D eigenvalue weighted by Gasteiger charge is 2.48. The number of nitrogens with one attached hydrogen (secondary N) is 2. The van der Waals surface area contributed by atoms with Crippen LogP contribution in [0.3, 0.4) is 0 Å². The van der Waals surface area contributed by atoms with Crippen LogP contribution in [0.5, 0.6) is 0 Å². The van der Waals surface area contributed by atoms with Crippen LogP contribution in [0.1, 0.15) is 12.8 Å². The van der Waals surface area contributed by atoms with E-state index in [1.807, 2.05) is 42.3 Å². The van der Waals surface area contributed by atoms with Gasteiger partial charge in [-0.25, -0.2) is 8.42 Å². The maximum Gasteiger partial charge on any atom is 0.241 e. The lowest BCUT2D eigenvalue weighted by atomic mass is 9.96. The Labute approximate surface area is 162 Å². The lowest BCUT2D eigenvalue weighted by Gasteiger charge is -2.34. The molecule has 0 bridgehead atoms. The zero-order valence-electron chi connectivity index (χ0n) is 14.5. The van der Waals surface area contributed by atoms with Gasteiger partial charge in [-0.2, -0.15) is 0 Å². The highest BCUT2D eigenvalue weighted by Crippen LogP contribution is 2.27. The molecular weight excluding hydrogens is 385 g/mol. The number of anilines is 1. The summed E-state index contributed by atoms with van der Waals surface area (Å²) in [7, 11) is -1.51. The molecule has 2 N–H and O–H groups in total. The fraction of sp³-hybridized carbons (Fsp3) is 0.562. The van der Waals surface area contributed by atoms with Gasteiger partial charge in [0, 0.05) is 32.1 Å². The molecule has 0 radical (unpaired) electrons. The van der Waals surface area contributed by atoms with Crippen molar-refractivity contribution in [3.05, 3.63) is 30.3 Å². The molecule has 1 amide bonds. The number of amides is 1. The van der Waals surface area contributed by atoms with Crippen molar-refractivity contribution in [1.82, 2.24) is 10.6 Å². The van der Waals surface area contributed by atoms with E-state index >= 15 is 0 Å². The second kappa shape index (κ2) is 10.2. The van der Waals surface area contributed by atoms with E-state index in [1.54, 1.807) is 0 Å². The maximum absolute atomic E-state index is 12.5. The summed E-state index contributed by atoms with van der Waals surface area (Å²) in [6.45, 7) is 2.12. The normalized spacial score (nSPS) is 16.1. The summed E-state index contributed by atoms with van der Waals surface area (Å²) in [4.78, 5) is 14.6. The van der Waals surface area contributed by atoms with Crippen molar-refractivity contribution < 1.29 is 13.2 Å². The monoisotopic (exact) mass is 411 g/mol. The van der Waals surface area contributed by atoms with E-state index in [2.05, 4.69) is 10.6 Å². The zero-order chi connectivity index (χ0) is 16.9. The fourth-order valence-corrected chi connectivity index (χ4v) is 4.26. The van der Waals surface area contributed by atoms with Gasteiger partial charge in [-0.15, -0.1) is 24.8 Å². The van der Waals surface area contributed by atoms with Crippen LogP contribution in [0.25, 0.3) is 0 Å². The number of nitrogens with zero attached hydrogens (tertiary/aromatic N) is 1. The van der Waals surface area contributed by atoms with Gasteiger partial charge in [0.05, 0.1) is 0 Å². The molecule has 0 aliphatic carbocycles. The number of benzene rings is 1. The first-order chi connectivity index (χ1) is 10.9. The average molecular weight is 412 g/mol.